The van der Waals surface area contributed by atoms with Crippen LogP contribution < -0.4 is 4.74 Å². The highest BCUT2D eigenvalue weighted by atomic mass is 19.1. The Morgan fingerprint density at radius 2 is 1.79 bits per heavy atom. The number of benzene rings is 2. The van der Waals surface area contributed by atoms with E-state index in [1.807, 2.05) is 19.9 Å². The number of hydrogen-bond donors (Lipinski definition) is 0. The van der Waals surface area contributed by atoms with Crippen LogP contribution >= 0.6 is 0 Å². The van der Waals surface area contributed by atoms with Crippen molar-refractivity contribution in [1.29, 1.82) is 5.26 Å². The number of rotatable bonds is 3. The first kappa shape index (κ1) is 13.1. The SMILES string of the molecule is CC(C)Oc1ccc(-c2ccc(C#N)cc2)c(F)c1. The summed E-state index contributed by atoms with van der Waals surface area (Å²) in [6, 6.07) is 13.7. The van der Waals surface area contributed by atoms with E-state index in [1.54, 1.807) is 36.4 Å². The van der Waals surface area contributed by atoms with Gasteiger partial charge in [-0.2, -0.15) is 5.26 Å². The second-order valence-corrected chi connectivity index (χ2v) is 4.50. The lowest BCUT2D eigenvalue weighted by Crippen LogP contribution is -2.05. The van der Waals surface area contributed by atoms with Crippen LogP contribution in [0.3, 0.4) is 0 Å². The highest BCUT2D eigenvalue weighted by Crippen LogP contribution is 2.26. The quantitative estimate of drug-likeness (QED) is 0.825. The molecule has 3 heteroatoms. The molecule has 0 saturated heterocycles. The summed E-state index contributed by atoms with van der Waals surface area (Å²) in [5, 5.41) is 8.73. The molecule has 0 saturated carbocycles. The van der Waals surface area contributed by atoms with Crippen LogP contribution in [-0.2, 0) is 0 Å². The maximum Gasteiger partial charge on any atom is 0.134 e. The van der Waals surface area contributed by atoms with Crippen molar-refractivity contribution in [2.75, 3.05) is 0 Å². The average molecular weight is 255 g/mol. The average Bonchev–Trinajstić information content (AvgIpc) is 2.38. The van der Waals surface area contributed by atoms with Gasteiger partial charge in [-0.25, -0.2) is 4.39 Å². The van der Waals surface area contributed by atoms with Crippen molar-refractivity contribution in [2.45, 2.75) is 20.0 Å². The van der Waals surface area contributed by atoms with Crippen molar-refractivity contribution < 1.29 is 9.13 Å². The van der Waals surface area contributed by atoms with Crippen molar-refractivity contribution in [3.8, 4) is 22.9 Å². The molecule has 0 aliphatic rings. The standard InChI is InChI=1S/C16H14FNO/c1-11(2)19-14-7-8-15(16(17)9-14)13-5-3-12(10-18)4-6-13/h3-9,11H,1-2H3. The molecule has 2 nitrogen and oxygen atoms in total. The molecule has 0 radical (unpaired) electrons. The summed E-state index contributed by atoms with van der Waals surface area (Å²) in [5.74, 6) is 0.188. The number of ether oxygens (including phenoxy) is 1. The molecule has 0 fully saturated rings. The van der Waals surface area contributed by atoms with Crippen molar-refractivity contribution in [3.05, 3.63) is 53.8 Å². The van der Waals surface area contributed by atoms with Crippen molar-refractivity contribution in [2.24, 2.45) is 0 Å². The lowest BCUT2D eigenvalue weighted by Gasteiger charge is -2.11. The molecule has 0 bridgehead atoms. The molecule has 0 spiro atoms. The highest BCUT2D eigenvalue weighted by molar-refractivity contribution is 5.65. The summed E-state index contributed by atoms with van der Waals surface area (Å²) in [5.41, 5.74) is 1.80. The normalized spacial score (nSPS) is 10.3. The molecule has 0 aliphatic heterocycles. The Bertz CT molecular complexity index is 612. The van der Waals surface area contributed by atoms with Gasteiger partial charge in [0.15, 0.2) is 0 Å². The minimum Gasteiger partial charge on any atom is -0.491 e. The van der Waals surface area contributed by atoms with Gasteiger partial charge < -0.3 is 4.74 Å². The Morgan fingerprint density at radius 3 is 2.32 bits per heavy atom. The molecule has 2 rings (SSSR count). The first-order valence-electron chi connectivity index (χ1n) is 6.07. The number of nitrogens with zero attached hydrogens (tertiary/aromatic N) is 1. The molecular formula is C16H14FNO. The molecule has 19 heavy (non-hydrogen) atoms. The lowest BCUT2D eigenvalue weighted by molar-refractivity contribution is 0.241. The fourth-order valence-electron chi connectivity index (χ4n) is 1.80. The van der Waals surface area contributed by atoms with Gasteiger partial charge in [0.2, 0.25) is 0 Å². The van der Waals surface area contributed by atoms with E-state index in [0.29, 0.717) is 16.9 Å². The summed E-state index contributed by atoms with van der Waals surface area (Å²) in [4.78, 5) is 0. The third-order valence-corrected chi connectivity index (χ3v) is 2.64. The molecule has 0 N–H and O–H groups in total. The first-order valence-corrected chi connectivity index (χ1v) is 6.07. The Balaban J connectivity index is 2.32. The van der Waals surface area contributed by atoms with Gasteiger partial charge in [0.25, 0.3) is 0 Å². The number of nitriles is 1. The van der Waals surface area contributed by atoms with Crippen LogP contribution in [0.4, 0.5) is 4.39 Å². The summed E-state index contributed by atoms with van der Waals surface area (Å²) < 4.78 is 19.5. The van der Waals surface area contributed by atoms with Gasteiger partial charge >= 0.3 is 0 Å². The lowest BCUT2D eigenvalue weighted by atomic mass is 10.0. The van der Waals surface area contributed by atoms with Gasteiger partial charge in [0.1, 0.15) is 11.6 Å². The Hall–Kier alpha value is -2.34. The van der Waals surface area contributed by atoms with Crippen LogP contribution in [0.1, 0.15) is 19.4 Å². The first-order chi connectivity index (χ1) is 9.10. The summed E-state index contributed by atoms with van der Waals surface area (Å²) >= 11 is 0. The fourth-order valence-corrected chi connectivity index (χ4v) is 1.80. The minimum atomic E-state index is -0.331. The van der Waals surface area contributed by atoms with E-state index in [4.69, 9.17) is 10.00 Å². The Kier molecular flexibility index (Phi) is 3.82. The van der Waals surface area contributed by atoms with Gasteiger partial charge in [0.05, 0.1) is 17.7 Å². The highest BCUT2D eigenvalue weighted by Gasteiger charge is 2.07. The maximum absolute atomic E-state index is 14.0. The molecule has 0 amide bonds. The van der Waals surface area contributed by atoms with Crippen LogP contribution in [0.25, 0.3) is 11.1 Å². The van der Waals surface area contributed by atoms with Crippen LogP contribution in [0.2, 0.25) is 0 Å². The number of halogens is 1. The molecule has 0 aromatic heterocycles. The van der Waals surface area contributed by atoms with Crippen LogP contribution in [0, 0.1) is 17.1 Å². The van der Waals surface area contributed by atoms with Crippen molar-refractivity contribution in [1.82, 2.24) is 0 Å². The molecule has 0 heterocycles. The molecule has 2 aromatic rings. The Morgan fingerprint density at radius 1 is 1.11 bits per heavy atom. The molecule has 0 aliphatic carbocycles. The van der Waals surface area contributed by atoms with E-state index in [1.165, 1.54) is 6.07 Å². The van der Waals surface area contributed by atoms with Crippen molar-refractivity contribution >= 4 is 0 Å². The van der Waals surface area contributed by atoms with Crippen LogP contribution in [-0.4, -0.2) is 6.10 Å². The van der Waals surface area contributed by atoms with Crippen molar-refractivity contribution in [3.63, 3.8) is 0 Å². The zero-order valence-corrected chi connectivity index (χ0v) is 10.9. The maximum atomic E-state index is 14.0. The summed E-state index contributed by atoms with van der Waals surface area (Å²) in [7, 11) is 0. The zero-order valence-electron chi connectivity index (χ0n) is 10.9. The van der Waals surface area contributed by atoms with E-state index < -0.39 is 0 Å². The minimum absolute atomic E-state index is 0.0140. The second kappa shape index (κ2) is 5.53. The summed E-state index contributed by atoms with van der Waals surface area (Å²) in [6.45, 7) is 3.79. The smallest absolute Gasteiger partial charge is 0.134 e. The van der Waals surface area contributed by atoms with Gasteiger partial charge in [-0.15, -0.1) is 0 Å². The van der Waals surface area contributed by atoms with E-state index >= 15 is 0 Å². The van der Waals surface area contributed by atoms with E-state index in [9.17, 15) is 4.39 Å². The molecule has 0 unspecified atom stereocenters. The third kappa shape index (κ3) is 3.11. The predicted molar refractivity (Wildman–Crippen MR) is 72.3 cm³/mol. The number of hydrogen-bond acceptors (Lipinski definition) is 2. The monoisotopic (exact) mass is 255 g/mol. The Labute approximate surface area is 112 Å². The van der Waals surface area contributed by atoms with E-state index in [2.05, 4.69) is 0 Å². The zero-order chi connectivity index (χ0) is 13.8. The molecule has 2 aromatic carbocycles. The molecule has 0 atom stereocenters. The molecular weight excluding hydrogens is 241 g/mol. The second-order valence-electron chi connectivity index (χ2n) is 4.50. The predicted octanol–water partition coefficient (Wildman–Crippen LogP) is 4.15. The van der Waals surface area contributed by atoms with Gasteiger partial charge in [-0.05, 0) is 43.7 Å². The summed E-state index contributed by atoms with van der Waals surface area (Å²) in [6.07, 6.45) is 0.0140. The third-order valence-electron chi connectivity index (χ3n) is 2.64. The molecule has 96 valence electrons. The van der Waals surface area contributed by atoms with E-state index in [0.717, 1.165) is 5.56 Å². The van der Waals surface area contributed by atoms with Crippen LogP contribution in [0.15, 0.2) is 42.5 Å². The van der Waals surface area contributed by atoms with Gasteiger partial charge in [0, 0.05) is 11.6 Å². The van der Waals surface area contributed by atoms with Crippen LogP contribution in [0.5, 0.6) is 5.75 Å². The van der Waals surface area contributed by atoms with Gasteiger partial charge in [-0.3, -0.25) is 0 Å². The topological polar surface area (TPSA) is 33.0 Å². The van der Waals surface area contributed by atoms with Gasteiger partial charge in [-0.1, -0.05) is 12.1 Å². The fraction of sp³-hybridized carbons (Fsp3) is 0.188. The van der Waals surface area contributed by atoms with E-state index in [-0.39, 0.29) is 11.9 Å². The largest absolute Gasteiger partial charge is 0.491 e.